The van der Waals surface area contributed by atoms with Gasteiger partial charge in [-0.2, -0.15) is 0 Å². The minimum absolute atomic E-state index is 0.0595. The molecule has 1 atom stereocenters. The van der Waals surface area contributed by atoms with Crippen molar-refractivity contribution in [3.8, 4) is 0 Å². The zero-order valence-electron chi connectivity index (χ0n) is 10.6. The first-order valence-corrected chi connectivity index (χ1v) is 7.23. The van der Waals surface area contributed by atoms with Crippen molar-refractivity contribution in [2.75, 3.05) is 5.75 Å². The summed E-state index contributed by atoms with van der Waals surface area (Å²) in [4.78, 5) is 23.0. The van der Waals surface area contributed by atoms with Crippen LogP contribution in [0.25, 0.3) is 0 Å². The summed E-state index contributed by atoms with van der Waals surface area (Å²) in [5, 5.41) is 11.9. The van der Waals surface area contributed by atoms with Crippen molar-refractivity contribution in [2.45, 2.75) is 30.7 Å². The van der Waals surface area contributed by atoms with Crippen molar-refractivity contribution in [1.29, 1.82) is 0 Å². The normalized spacial score (nSPS) is 11.9. The lowest BCUT2D eigenvalue weighted by molar-refractivity contribution is -0.137. The summed E-state index contributed by atoms with van der Waals surface area (Å²) in [5.41, 5.74) is 0. The number of hydrogen-bond donors (Lipinski definition) is 2. The Morgan fingerprint density at radius 3 is 2.58 bits per heavy atom. The number of carboxylic acid groups (broad SMARTS) is 1. The Bertz CT molecular complexity index is 436. The molecule has 6 heteroatoms. The summed E-state index contributed by atoms with van der Waals surface area (Å²) >= 11 is 7.34. The second kappa shape index (κ2) is 8.07. The van der Waals surface area contributed by atoms with Crippen LogP contribution >= 0.6 is 23.4 Å². The van der Waals surface area contributed by atoms with E-state index in [4.69, 9.17) is 16.7 Å². The summed E-state index contributed by atoms with van der Waals surface area (Å²) in [7, 11) is 0. The van der Waals surface area contributed by atoms with E-state index in [0.29, 0.717) is 17.2 Å². The largest absolute Gasteiger partial charge is 0.481 e. The predicted octanol–water partition coefficient (Wildman–Crippen LogP) is 2.80. The fourth-order valence-electron chi connectivity index (χ4n) is 1.45. The van der Waals surface area contributed by atoms with Crippen LogP contribution in [0.3, 0.4) is 0 Å². The number of hydrogen-bond acceptors (Lipinski definition) is 3. The Hall–Kier alpha value is -1.20. The van der Waals surface area contributed by atoms with Crippen molar-refractivity contribution in [1.82, 2.24) is 5.32 Å². The molecule has 104 valence electrons. The maximum atomic E-state index is 11.5. The van der Waals surface area contributed by atoms with Crippen molar-refractivity contribution < 1.29 is 14.7 Å². The van der Waals surface area contributed by atoms with E-state index in [1.165, 1.54) is 0 Å². The van der Waals surface area contributed by atoms with E-state index >= 15 is 0 Å². The van der Waals surface area contributed by atoms with Crippen LogP contribution in [0.5, 0.6) is 0 Å². The van der Waals surface area contributed by atoms with Gasteiger partial charge in [0.2, 0.25) is 5.91 Å². The predicted molar refractivity (Wildman–Crippen MR) is 76.7 cm³/mol. The highest BCUT2D eigenvalue weighted by atomic mass is 35.5. The standard InChI is InChI=1S/C13H16ClNO3S/c1-9(8-13(17)18)15-12(16)6-7-19-11-4-2-10(14)3-5-11/h2-5,9H,6-8H2,1H3,(H,15,16)(H,17,18). The number of aliphatic carboxylic acids is 1. The maximum absolute atomic E-state index is 11.5. The van der Waals surface area contributed by atoms with Crippen LogP contribution in [0.2, 0.25) is 5.02 Å². The monoisotopic (exact) mass is 301 g/mol. The zero-order valence-corrected chi connectivity index (χ0v) is 12.1. The molecule has 0 aliphatic heterocycles. The quantitative estimate of drug-likeness (QED) is 0.760. The third-order valence-electron chi connectivity index (χ3n) is 2.30. The minimum Gasteiger partial charge on any atom is -0.481 e. The number of amides is 1. The van der Waals surface area contributed by atoms with E-state index in [2.05, 4.69) is 5.32 Å². The number of carbonyl (C=O) groups is 2. The Balaban J connectivity index is 2.23. The Labute approximate surface area is 121 Å². The summed E-state index contributed by atoms with van der Waals surface area (Å²) in [5.74, 6) is -0.397. The van der Waals surface area contributed by atoms with Gasteiger partial charge in [0.25, 0.3) is 0 Å². The Morgan fingerprint density at radius 1 is 1.37 bits per heavy atom. The Morgan fingerprint density at radius 2 is 2.00 bits per heavy atom. The van der Waals surface area contributed by atoms with Gasteiger partial charge in [0, 0.05) is 28.1 Å². The third kappa shape index (κ3) is 7.08. The third-order valence-corrected chi connectivity index (χ3v) is 3.57. The fourth-order valence-corrected chi connectivity index (χ4v) is 2.43. The highest BCUT2D eigenvalue weighted by molar-refractivity contribution is 7.99. The second-order valence-electron chi connectivity index (χ2n) is 4.12. The lowest BCUT2D eigenvalue weighted by atomic mass is 10.2. The molecule has 2 N–H and O–H groups in total. The first kappa shape index (κ1) is 15.9. The number of benzene rings is 1. The molecular formula is C13H16ClNO3S. The van der Waals surface area contributed by atoms with Crippen LogP contribution < -0.4 is 5.32 Å². The first-order valence-electron chi connectivity index (χ1n) is 5.87. The number of rotatable bonds is 7. The highest BCUT2D eigenvalue weighted by Gasteiger charge is 2.10. The minimum atomic E-state index is -0.914. The highest BCUT2D eigenvalue weighted by Crippen LogP contribution is 2.20. The molecular weight excluding hydrogens is 286 g/mol. The van der Waals surface area contributed by atoms with Crippen LogP contribution in [-0.4, -0.2) is 28.8 Å². The van der Waals surface area contributed by atoms with Gasteiger partial charge in [-0.3, -0.25) is 9.59 Å². The molecule has 0 spiro atoms. The van der Waals surface area contributed by atoms with Crippen LogP contribution in [0.4, 0.5) is 0 Å². The van der Waals surface area contributed by atoms with Gasteiger partial charge >= 0.3 is 5.97 Å². The molecule has 0 heterocycles. The molecule has 0 bridgehead atoms. The molecule has 1 amide bonds. The molecule has 0 aromatic heterocycles. The SMILES string of the molecule is CC(CC(=O)O)NC(=O)CCSc1ccc(Cl)cc1. The van der Waals surface area contributed by atoms with Crippen LogP contribution in [0.15, 0.2) is 29.2 Å². The zero-order chi connectivity index (χ0) is 14.3. The van der Waals surface area contributed by atoms with Crippen LogP contribution in [0.1, 0.15) is 19.8 Å². The summed E-state index contributed by atoms with van der Waals surface area (Å²) in [6.07, 6.45) is 0.299. The number of carboxylic acids is 1. The van der Waals surface area contributed by atoms with E-state index in [1.807, 2.05) is 12.1 Å². The molecule has 0 saturated carbocycles. The summed E-state index contributed by atoms with van der Waals surface area (Å²) < 4.78 is 0. The number of halogens is 1. The molecule has 19 heavy (non-hydrogen) atoms. The van der Waals surface area contributed by atoms with Crippen LogP contribution in [0, 0.1) is 0 Å². The average Bonchev–Trinajstić information content (AvgIpc) is 2.30. The average molecular weight is 302 g/mol. The van der Waals surface area contributed by atoms with Crippen molar-refractivity contribution in [2.24, 2.45) is 0 Å². The van der Waals surface area contributed by atoms with E-state index < -0.39 is 5.97 Å². The molecule has 0 aliphatic rings. The molecule has 1 aromatic carbocycles. The molecule has 1 rings (SSSR count). The van der Waals surface area contributed by atoms with Gasteiger partial charge in [0.05, 0.1) is 6.42 Å². The van der Waals surface area contributed by atoms with Gasteiger partial charge in [-0.25, -0.2) is 0 Å². The lowest BCUT2D eigenvalue weighted by Crippen LogP contribution is -2.34. The molecule has 4 nitrogen and oxygen atoms in total. The number of carbonyl (C=O) groups excluding carboxylic acids is 1. The maximum Gasteiger partial charge on any atom is 0.305 e. The second-order valence-corrected chi connectivity index (χ2v) is 5.72. The molecule has 0 saturated heterocycles. The van der Waals surface area contributed by atoms with E-state index in [9.17, 15) is 9.59 Å². The van der Waals surface area contributed by atoms with Gasteiger partial charge in [0.1, 0.15) is 0 Å². The van der Waals surface area contributed by atoms with E-state index in [1.54, 1.807) is 30.8 Å². The smallest absolute Gasteiger partial charge is 0.305 e. The first-order chi connectivity index (χ1) is 8.97. The summed E-state index contributed by atoms with van der Waals surface area (Å²) in [6, 6.07) is 7.07. The van der Waals surface area contributed by atoms with Crippen molar-refractivity contribution in [3.63, 3.8) is 0 Å². The fraction of sp³-hybridized carbons (Fsp3) is 0.385. The number of nitrogens with one attached hydrogen (secondary N) is 1. The van der Waals surface area contributed by atoms with Gasteiger partial charge in [-0.15, -0.1) is 11.8 Å². The van der Waals surface area contributed by atoms with E-state index in [-0.39, 0.29) is 18.4 Å². The number of thioether (sulfide) groups is 1. The molecule has 1 aromatic rings. The van der Waals surface area contributed by atoms with Crippen LogP contribution in [-0.2, 0) is 9.59 Å². The van der Waals surface area contributed by atoms with E-state index in [0.717, 1.165) is 4.90 Å². The van der Waals surface area contributed by atoms with Gasteiger partial charge in [-0.1, -0.05) is 11.6 Å². The van der Waals surface area contributed by atoms with Crippen molar-refractivity contribution >= 4 is 35.2 Å². The summed E-state index contributed by atoms with van der Waals surface area (Å²) in [6.45, 7) is 1.68. The molecule has 0 aliphatic carbocycles. The van der Waals surface area contributed by atoms with Crippen molar-refractivity contribution in [3.05, 3.63) is 29.3 Å². The molecule has 0 radical (unpaired) electrons. The van der Waals surface area contributed by atoms with Gasteiger partial charge in [-0.05, 0) is 31.2 Å². The van der Waals surface area contributed by atoms with Gasteiger partial charge < -0.3 is 10.4 Å². The molecule has 1 unspecified atom stereocenters. The molecule has 0 fully saturated rings. The van der Waals surface area contributed by atoms with Gasteiger partial charge in [0.15, 0.2) is 0 Å². The Kier molecular flexibility index (Phi) is 6.73. The lowest BCUT2D eigenvalue weighted by Gasteiger charge is -2.11. The topological polar surface area (TPSA) is 66.4 Å².